The summed E-state index contributed by atoms with van der Waals surface area (Å²) in [4.78, 5) is 20.0. The molecule has 7 heteroatoms. The van der Waals surface area contributed by atoms with E-state index in [1.165, 1.54) is 19.4 Å². The Labute approximate surface area is 143 Å². The van der Waals surface area contributed by atoms with E-state index in [0.29, 0.717) is 12.6 Å². The van der Waals surface area contributed by atoms with Gasteiger partial charge in [0.15, 0.2) is 5.82 Å². The van der Waals surface area contributed by atoms with Gasteiger partial charge in [0.2, 0.25) is 0 Å². The molecule has 2 N–H and O–H groups in total. The average molecular weight is 332 g/mol. The number of anilines is 1. The summed E-state index contributed by atoms with van der Waals surface area (Å²) < 4.78 is 0. The number of H-pyrrole nitrogens is 1. The molecule has 7 nitrogen and oxygen atoms in total. The second kappa shape index (κ2) is 5.37. The van der Waals surface area contributed by atoms with Crippen molar-refractivity contribution in [3.05, 3.63) is 11.3 Å². The lowest BCUT2D eigenvalue weighted by atomic mass is 10.0. The summed E-state index contributed by atoms with van der Waals surface area (Å²) in [5, 5.41) is 10.6. The first-order valence-corrected chi connectivity index (χ1v) is 9.01. The summed E-state index contributed by atoms with van der Waals surface area (Å²) in [7, 11) is 1.87. The second-order valence-electron chi connectivity index (χ2n) is 7.90. The maximum Gasteiger partial charge on any atom is 0.321 e. The number of hydrogen-bond acceptors (Lipinski definition) is 4. The number of hydrogen-bond donors (Lipinski definition) is 2. The van der Waals surface area contributed by atoms with Gasteiger partial charge in [-0.25, -0.2) is 4.79 Å². The molecule has 2 atom stereocenters. The Morgan fingerprint density at radius 1 is 1.38 bits per heavy atom. The van der Waals surface area contributed by atoms with E-state index in [9.17, 15) is 4.79 Å². The fourth-order valence-corrected chi connectivity index (χ4v) is 4.64. The molecule has 2 fully saturated rings. The monoisotopic (exact) mass is 332 g/mol. The molecule has 24 heavy (non-hydrogen) atoms. The van der Waals surface area contributed by atoms with Crippen molar-refractivity contribution < 1.29 is 4.79 Å². The summed E-state index contributed by atoms with van der Waals surface area (Å²) in [6.07, 6.45) is 2.48. The van der Waals surface area contributed by atoms with Gasteiger partial charge in [-0.1, -0.05) is 0 Å². The normalized spacial score (nSPS) is 28.8. The minimum atomic E-state index is -0.360. The Balaban J connectivity index is 1.57. The lowest BCUT2D eigenvalue weighted by molar-refractivity contribution is 0.0454. The van der Waals surface area contributed by atoms with Crippen LogP contribution in [-0.4, -0.2) is 69.7 Å². The molecule has 1 aromatic heterocycles. The zero-order valence-corrected chi connectivity index (χ0v) is 15.1. The van der Waals surface area contributed by atoms with Crippen LogP contribution < -0.4 is 5.32 Å². The van der Waals surface area contributed by atoms with Gasteiger partial charge in [0.05, 0.1) is 17.8 Å². The molecule has 1 aromatic rings. The van der Waals surface area contributed by atoms with Crippen LogP contribution in [0.5, 0.6) is 0 Å². The largest absolute Gasteiger partial charge is 0.371 e. The Bertz CT molecular complexity index is 654. The van der Waals surface area contributed by atoms with E-state index < -0.39 is 0 Å². The number of fused-ring (bicyclic) bond motifs is 2. The van der Waals surface area contributed by atoms with E-state index in [1.807, 2.05) is 11.9 Å². The molecule has 0 aliphatic carbocycles. The molecule has 3 aliphatic heterocycles. The Hall–Kier alpha value is -1.76. The lowest BCUT2D eigenvalue weighted by Gasteiger charge is -2.45. The summed E-state index contributed by atoms with van der Waals surface area (Å²) in [6, 6.07) is 0.970. The molecule has 0 aromatic carbocycles. The van der Waals surface area contributed by atoms with Gasteiger partial charge in [-0.3, -0.25) is 10.00 Å². The molecule has 0 saturated carbocycles. The SMILES string of the molecule is CNc1n[nH]c2c1CN(C(=O)N1CC3CCCN3CC1C)C2(C)C. The summed E-state index contributed by atoms with van der Waals surface area (Å²) >= 11 is 0. The Morgan fingerprint density at radius 3 is 2.92 bits per heavy atom. The molecule has 2 amide bonds. The van der Waals surface area contributed by atoms with Crippen LogP contribution in [0.3, 0.4) is 0 Å². The summed E-state index contributed by atoms with van der Waals surface area (Å²) in [6.45, 7) is 10.0. The van der Waals surface area contributed by atoms with Crippen molar-refractivity contribution in [2.45, 2.75) is 57.8 Å². The van der Waals surface area contributed by atoms with Gasteiger partial charge in [-0.2, -0.15) is 5.10 Å². The third-order valence-corrected chi connectivity index (χ3v) is 6.12. The first-order valence-electron chi connectivity index (χ1n) is 9.01. The van der Waals surface area contributed by atoms with E-state index in [0.717, 1.165) is 30.2 Å². The predicted octanol–water partition coefficient (Wildman–Crippen LogP) is 1.79. The highest BCUT2D eigenvalue weighted by Crippen LogP contribution is 2.41. The fraction of sp³-hybridized carbons (Fsp3) is 0.765. The molecule has 2 saturated heterocycles. The number of urea groups is 1. The van der Waals surface area contributed by atoms with Crippen molar-refractivity contribution in [1.82, 2.24) is 24.9 Å². The number of nitrogens with one attached hydrogen (secondary N) is 2. The smallest absolute Gasteiger partial charge is 0.321 e. The number of aromatic amines is 1. The van der Waals surface area contributed by atoms with Crippen LogP contribution in [0.1, 0.15) is 44.9 Å². The van der Waals surface area contributed by atoms with Gasteiger partial charge in [-0.15, -0.1) is 0 Å². The maximum absolute atomic E-state index is 13.4. The standard InChI is InChI=1S/C17H28N6O/c1-11-8-21-7-5-6-12(21)9-22(11)16(24)23-10-13-14(17(23,2)3)19-20-15(13)18-4/h11-12H,5-10H2,1-4H3,(H2,18,19,20). The predicted molar refractivity (Wildman–Crippen MR) is 92.9 cm³/mol. The summed E-state index contributed by atoms with van der Waals surface area (Å²) in [5.74, 6) is 0.849. The maximum atomic E-state index is 13.4. The van der Waals surface area contributed by atoms with Crippen LogP contribution in [0.4, 0.5) is 10.6 Å². The van der Waals surface area contributed by atoms with Crippen LogP contribution >= 0.6 is 0 Å². The minimum Gasteiger partial charge on any atom is -0.371 e. The van der Waals surface area contributed by atoms with Crippen LogP contribution in [0.15, 0.2) is 0 Å². The number of carbonyl (C=O) groups excluding carboxylic acids is 1. The topological polar surface area (TPSA) is 67.5 Å². The highest BCUT2D eigenvalue weighted by molar-refractivity contribution is 5.78. The number of amides is 2. The minimum absolute atomic E-state index is 0.158. The molecule has 4 heterocycles. The van der Waals surface area contributed by atoms with E-state index in [4.69, 9.17) is 0 Å². The highest BCUT2D eigenvalue weighted by atomic mass is 16.2. The Morgan fingerprint density at radius 2 is 2.17 bits per heavy atom. The zero-order valence-electron chi connectivity index (χ0n) is 15.1. The van der Waals surface area contributed by atoms with Gasteiger partial charge >= 0.3 is 6.03 Å². The zero-order chi connectivity index (χ0) is 17.1. The quantitative estimate of drug-likeness (QED) is 0.823. The van der Waals surface area contributed by atoms with Crippen molar-refractivity contribution in [2.24, 2.45) is 0 Å². The lowest BCUT2D eigenvalue weighted by Crippen LogP contribution is -2.60. The van der Waals surface area contributed by atoms with Crippen LogP contribution in [-0.2, 0) is 12.1 Å². The molecular weight excluding hydrogens is 304 g/mol. The van der Waals surface area contributed by atoms with Crippen molar-refractivity contribution >= 4 is 11.8 Å². The molecule has 4 rings (SSSR count). The van der Waals surface area contributed by atoms with Gasteiger partial charge in [0.1, 0.15) is 0 Å². The van der Waals surface area contributed by atoms with Gasteiger partial charge in [-0.05, 0) is 40.2 Å². The van der Waals surface area contributed by atoms with Crippen molar-refractivity contribution in [3.8, 4) is 0 Å². The number of rotatable bonds is 1. The number of nitrogens with zero attached hydrogens (tertiary/aromatic N) is 4. The molecule has 0 radical (unpaired) electrons. The van der Waals surface area contributed by atoms with Gasteiger partial charge in [0, 0.05) is 37.8 Å². The third-order valence-electron chi connectivity index (χ3n) is 6.12. The highest BCUT2D eigenvalue weighted by Gasteiger charge is 2.47. The molecule has 0 spiro atoms. The summed E-state index contributed by atoms with van der Waals surface area (Å²) in [5.41, 5.74) is 1.80. The third kappa shape index (κ3) is 2.13. The average Bonchev–Trinajstić information content (AvgIpc) is 3.21. The van der Waals surface area contributed by atoms with E-state index >= 15 is 0 Å². The van der Waals surface area contributed by atoms with Crippen LogP contribution in [0, 0.1) is 0 Å². The van der Waals surface area contributed by atoms with Gasteiger partial charge < -0.3 is 15.1 Å². The first kappa shape index (κ1) is 15.7. The van der Waals surface area contributed by atoms with Crippen LogP contribution in [0.2, 0.25) is 0 Å². The van der Waals surface area contributed by atoms with Gasteiger partial charge in [0.25, 0.3) is 0 Å². The van der Waals surface area contributed by atoms with Crippen LogP contribution in [0.25, 0.3) is 0 Å². The van der Waals surface area contributed by atoms with E-state index in [2.05, 4.69) is 46.1 Å². The first-order chi connectivity index (χ1) is 11.4. The fourth-order valence-electron chi connectivity index (χ4n) is 4.64. The molecule has 3 aliphatic rings. The van der Waals surface area contributed by atoms with E-state index in [1.54, 1.807) is 0 Å². The molecule has 0 bridgehead atoms. The number of carbonyl (C=O) groups is 1. The second-order valence-corrected chi connectivity index (χ2v) is 7.90. The molecule has 2 unspecified atom stereocenters. The number of aromatic nitrogens is 2. The van der Waals surface area contributed by atoms with E-state index in [-0.39, 0.29) is 17.6 Å². The van der Waals surface area contributed by atoms with Crippen molar-refractivity contribution in [2.75, 3.05) is 32.0 Å². The Kier molecular flexibility index (Phi) is 3.53. The molecular formula is C17H28N6O. The molecule has 132 valence electrons. The van der Waals surface area contributed by atoms with Crippen molar-refractivity contribution in [1.29, 1.82) is 0 Å². The number of piperazine rings is 1. The van der Waals surface area contributed by atoms with Crippen molar-refractivity contribution in [3.63, 3.8) is 0 Å².